The number of halogens is 11. The van der Waals surface area contributed by atoms with Crippen LogP contribution in [0, 0.1) is 0 Å². The van der Waals surface area contributed by atoms with Gasteiger partial charge in [-0.25, -0.2) is 21.6 Å². The number of primary amides is 1. The van der Waals surface area contributed by atoms with Crippen molar-refractivity contribution in [3.05, 3.63) is 16.8 Å². The number of likely N-dealkylation sites (tertiary alicyclic amines) is 1. The Labute approximate surface area is 610 Å². The Balaban J connectivity index is -0.0000000680. The number of carbonyl (C=O) groups is 12. The summed E-state index contributed by atoms with van der Waals surface area (Å²) in [5.74, 6) is 1.29. The SMILES string of the molecule is C.CC.CC.CC(=O)Cl.CC(=O)N(C)CN(C)C(=O)Cl.CC(=O)N(C)CN(C)C(=O)Cl.COCC(=O)Cl.COS(=O)CC(=O)Cl.COS(=O)CC(=O)Cl.COS(=O)Cl.COS(=O)NC(=O)Cl.NC(=O)Cl.O=C(Cl)N1CCC1.O=C(Cl)N1Cc2bbcbc2C1.[B].[B][B]. The number of nitrogens with one attached hydrogen (secondary N) is 1. The molecule has 2 aliphatic rings. The quantitative estimate of drug-likeness (QED) is 0.0807. The Hall–Kier alpha value is -1.97. The molecule has 1 fully saturated rings. The molecule has 3 heterocycles. The average molecular weight is 1610 g/mol. The van der Waals surface area contributed by atoms with Crippen molar-refractivity contribution in [3.63, 3.8) is 0 Å². The third-order valence-electron chi connectivity index (χ3n) is 7.26. The Bertz CT molecular complexity index is 2130. The normalized spacial score (nSPS) is 10.9. The van der Waals surface area contributed by atoms with E-state index in [-0.39, 0.29) is 75.1 Å². The van der Waals surface area contributed by atoms with Gasteiger partial charge >= 0.3 is 104 Å². The minimum absolute atomic E-state index is 0. The number of carbonyl (C=O) groups excluding carboxylic acids is 12. The molecule has 1 aromatic heterocycles. The molecule has 3 rings (SSSR count). The first-order valence-corrected chi connectivity index (χ1v) is 32.8. The number of hydrogen-bond acceptors (Lipinski definition) is 21. The standard InChI is InChI=1S/C6H5B3ClNO.2C6H11ClN2O2.C4H6ClNO.2C3H5ClO3S.C3H5ClO2.C2H4ClNO3S.C2H3ClO.2C2H6.CH2ClNO.CH3ClO2S.CH4.B2.B/c10-6(12)11-1-4-5(2-11)9-8-3-7-4;2*1-5(10)8(2)4-9(3)6(7)11;5-4(7)6-2-1-3-6;2*1-7-8(6)2-3(4)5;1-6-2-3(4)5;1-7-8(6)4-2(3)5;1-2(3)4;2*1-2;2-1(3)4;1-4-5(2)3;;1-2;/h3H,1-2H2;2*4H2,1-3H3;1-3H2;2*2H2,1H3;2H2,1H3;1H3,(H,4,5);1H3;2*1-2H3;(H2,3,4);1H3;1H4;;. The second-order valence-electron chi connectivity index (χ2n) is 13.7. The fourth-order valence-electron chi connectivity index (χ4n) is 3.42. The van der Waals surface area contributed by atoms with E-state index in [2.05, 4.69) is 65.9 Å². The molecule has 50 heteroatoms. The van der Waals surface area contributed by atoms with Gasteiger partial charge in [-0.2, -0.15) is 0 Å². The number of amides is 8. The molecule has 0 aliphatic carbocycles. The Morgan fingerprint density at radius 3 is 1.04 bits per heavy atom. The molecule has 3 N–H and O–H groups in total. The van der Waals surface area contributed by atoms with E-state index in [4.69, 9.17) is 108 Å². The zero-order chi connectivity index (χ0) is 74.0. The summed E-state index contributed by atoms with van der Waals surface area (Å²) in [6.07, 6.45) is 1.11. The van der Waals surface area contributed by atoms with Gasteiger partial charge in [-0.05, 0) is 111 Å². The van der Waals surface area contributed by atoms with E-state index in [1.54, 1.807) is 28.6 Å². The van der Waals surface area contributed by atoms with Gasteiger partial charge in [0.2, 0.25) is 32.8 Å². The molecule has 0 saturated carbocycles. The fourth-order valence-corrected chi connectivity index (χ4v) is 5.47. The van der Waals surface area contributed by atoms with Gasteiger partial charge in [0.05, 0.1) is 41.8 Å². The molecule has 92 heavy (non-hydrogen) atoms. The molecule has 1 saturated heterocycles. The maximum Gasteiger partial charge on any atom is 0 e. The summed E-state index contributed by atoms with van der Waals surface area (Å²) < 4.78 is 62.6. The number of rotatable bonds is 15. The largest absolute Gasteiger partial charge is 0 e. The molecule has 0 spiro atoms. The second kappa shape index (κ2) is 85.1. The van der Waals surface area contributed by atoms with E-state index < -0.39 is 80.9 Å². The average Bonchev–Trinajstić information content (AvgIpc) is 1.89. The van der Waals surface area contributed by atoms with Gasteiger partial charge in [0.15, 0.2) is 22.2 Å². The molecular formula is C42H76B6Cl11N8O21S4. The van der Waals surface area contributed by atoms with Crippen molar-refractivity contribution in [3.8, 4) is 0 Å². The van der Waals surface area contributed by atoms with Gasteiger partial charge in [-0.1, -0.05) is 35.1 Å². The van der Waals surface area contributed by atoms with Crippen molar-refractivity contribution < 1.29 is 95.8 Å². The van der Waals surface area contributed by atoms with Crippen molar-refractivity contribution in [1.82, 2.24) is 34.1 Å². The van der Waals surface area contributed by atoms with E-state index in [0.717, 1.165) is 19.5 Å². The third kappa shape index (κ3) is 110. The molecule has 0 aromatic carbocycles. The molecule has 0 bridgehead atoms. The maximum absolute atomic E-state index is 10.8. The van der Waals surface area contributed by atoms with Crippen molar-refractivity contribution in [1.29, 1.82) is 0 Å². The molecule has 4 atom stereocenters. The van der Waals surface area contributed by atoms with Gasteiger partial charge in [0.25, 0.3) is 21.6 Å². The van der Waals surface area contributed by atoms with Crippen LogP contribution in [0.5, 0.6) is 0 Å². The van der Waals surface area contributed by atoms with E-state index in [9.17, 15) is 69.6 Å². The maximum atomic E-state index is 10.8. The first-order valence-electron chi connectivity index (χ1n) is 23.6. The van der Waals surface area contributed by atoms with Crippen LogP contribution in [0.25, 0.3) is 0 Å². The zero-order valence-corrected chi connectivity index (χ0v) is 63.8. The van der Waals surface area contributed by atoms with E-state index in [1.807, 2.05) is 54.1 Å². The van der Waals surface area contributed by atoms with Crippen LogP contribution in [-0.4, -0.2) is 264 Å². The Kier molecular flexibility index (Phi) is 111. The summed E-state index contributed by atoms with van der Waals surface area (Å²) >= 11 is 44.1. The summed E-state index contributed by atoms with van der Waals surface area (Å²) in [6, 6.07) is 0. The fraction of sp³-hybridized carbons (Fsp3) is 0.643. The second-order valence-corrected chi connectivity index (χ2v) is 22.5. The van der Waals surface area contributed by atoms with Crippen LogP contribution in [0.3, 0.4) is 0 Å². The molecule has 7 radical (unpaired) electrons. The van der Waals surface area contributed by atoms with Gasteiger partial charge in [0.1, 0.15) is 18.1 Å². The van der Waals surface area contributed by atoms with E-state index in [1.165, 1.54) is 101 Å². The van der Waals surface area contributed by atoms with Gasteiger partial charge in [-0.3, -0.25) is 69.5 Å². The predicted molar refractivity (Wildman–Crippen MR) is 377 cm³/mol. The number of fused-ring (bicyclic) bond motifs is 1. The Morgan fingerprint density at radius 1 is 0.587 bits per heavy atom. The molecule has 29 nitrogen and oxygen atoms in total. The predicted octanol–water partition coefficient (Wildman–Crippen LogP) is 6.61. The van der Waals surface area contributed by atoms with Gasteiger partial charge in [0, 0.05) is 104 Å². The summed E-state index contributed by atoms with van der Waals surface area (Å²) in [5.41, 5.74) is 6.64. The van der Waals surface area contributed by atoms with Crippen LogP contribution in [0.15, 0.2) is 5.86 Å². The van der Waals surface area contributed by atoms with Crippen LogP contribution >= 0.6 is 127 Å². The number of methoxy groups -OCH3 is 1. The molecule has 1 aromatic rings. The first-order chi connectivity index (χ1) is 41.5. The first kappa shape index (κ1) is 120. The summed E-state index contributed by atoms with van der Waals surface area (Å²) in [6.45, 7) is 21.6. The molecule has 2 aliphatic heterocycles. The number of ether oxygens (including phenoxy) is 1. The van der Waals surface area contributed by atoms with E-state index >= 15 is 0 Å². The molecular weight excluding hydrogens is 1540 g/mol. The van der Waals surface area contributed by atoms with Crippen molar-refractivity contribution in [2.75, 3.05) is 108 Å². The smallest absolute Gasteiger partial charge is 0 e. The number of nitrogens with two attached hydrogens (primary N) is 1. The monoisotopic (exact) mass is 1610 g/mol. The molecule has 4 unspecified atom stereocenters. The topological polar surface area (TPSA) is 377 Å². The van der Waals surface area contributed by atoms with E-state index in [0.29, 0.717) is 13.1 Å². The summed E-state index contributed by atoms with van der Waals surface area (Å²) in [5, 5.41) is -5.70. The summed E-state index contributed by atoms with van der Waals surface area (Å²) in [7, 11) is 23.7. The summed E-state index contributed by atoms with van der Waals surface area (Å²) in [4.78, 5) is 129. The minimum atomic E-state index is -1.79. The van der Waals surface area contributed by atoms with Crippen LogP contribution in [-0.2, 0) is 107 Å². The minimum Gasteiger partial charge on any atom is 0 e. The Morgan fingerprint density at radius 2 is 0.902 bits per heavy atom. The van der Waals surface area contributed by atoms with Crippen LogP contribution in [0.4, 0.5) is 28.8 Å². The third-order valence-corrected chi connectivity index (χ3v) is 12.2. The number of nitrogens with zero attached hydrogens (tertiary/aromatic N) is 6. The van der Waals surface area contributed by atoms with Crippen LogP contribution in [0.1, 0.15) is 73.2 Å². The van der Waals surface area contributed by atoms with Crippen LogP contribution in [0.2, 0.25) is 0 Å². The van der Waals surface area contributed by atoms with Gasteiger partial charge in [-0.15, -0.1) is 0 Å². The molecule has 8 amide bonds. The van der Waals surface area contributed by atoms with Crippen molar-refractivity contribution in [2.45, 2.75) is 75.4 Å². The number of hydrogen-bond donors (Lipinski definition) is 2. The van der Waals surface area contributed by atoms with Crippen molar-refractivity contribution in [2.24, 2.45) is 5.73 Å². The molecule has 529 valence electrons. The van der Waals surface area contributed by atoms with Gasteiger partial charge < -0.3 is 35.0 Å². The van der Waals surface area contributed by atoms with Crippen LogP contribution < -0.4 is 10.5 Å². The zero-order valence-electron chi connectivity index (χ0n) is 52.2. The van der Waals surface area contributed by atoms with Crippen molar-refractivity contribution >= 4 is 280 Å².